The molecule has 0 saturated carbocycles. The van der Waals surface area contributed by atoms with E-state index in [-0.39, 0.29) is 43.7 Å². The Labute approximate surface area is 249 Å². The number of aliphatic imine (C=N–C) groups is 1. The molecule has 1 heterocycles. The SMILES string of the molecule is CCNc1ccc(N=C(C(=O)Nc2cc(C(=O)OC)c(Cl)cc2Cl)c2nc3ccccc3c(=O)n2CC(=O)O)c(C)c1. The number of nitrogens with one attached hydrogen (secondary N) is 2. The van der Waals surface area contributed by atoms with E-state index < -0.39 is 29.9 Å². The molecule has 0 bridgehead atoms. The fourth-order valence-corrected chi connectivity index (χ4v) is 4.65. The monoisotopic (exact) mass is 609 g/mol. The topological polar surface area (TPSA) is 152 Å². The fraction of sp³-hybridized carbons (Fsp3) is 0.172. The number of para-hydroxylation sites is 1. The first kappa shape index (κ1) is 30.2. The molecule has 0 saturated heterocycles. The molecule has 3 aromatic carbocycles. The molecule has 0 aliphatic heterocycles. The lowest BCUT2D eigenvalue weighted by Crippen LogP contribution is -2.35. The van der Waals surface area contributed by atoms with Crippen molar-refractivity contribution in [1.82, 2.24) is 9.55 Å². The van der Waals surface area contributed by atoms with Crippen LogP contribution in [0.5, 0.6) is 0 Å². The molecule has 0 aliphatic carbocycles. The van der Waals surface area contributed by atoms with Gasteiger partial charge >= 0.3 is 11.9 Å². The third-order valence-corrected chi connectivity index (χ3v) is 6.73. The number of ether oxygens (including phenoxy) is 1. The average Bonchev–Trinajstić information content (AvgIpc) is 2.95. The highest BCUT2D eigenvalue weighted by Crippen LogP contribution is 2.30. The van der Waals surface area contributed by atoms with Gasteiger partial charge in [0.15, 0.2) is 11.5 Å². The van der Waals surface area contributed by atoms with Gasteiger partial charge < -0.3 is 20.5 Å². The van der Waals surface area contributed by atoms with E-state index in [1.165, 1.54) is 25.3 Å². The Hall–Kier alpha value is -4.74. The summed E-state index contributed by atoms with van der Waals surface area (Å²) >= 11 is 12.5. The molecule has 0 fully saturated rings. The Morgan fingerprint density at radius 3 is 2.48 bits per heavy atom. The van der Waals surface area contributed by atoms with Crippen molar-refractivity contribution in [3.05, 3.63) is 91.9 Å². The van der Waals surface area contributed by atoms with E-state index >= 15 is 0 Å². The predicted molar refractivity (Wildman–Crippen MR) is 162 cm³/mol. The molecule has 216 valence electrons. The summed E-state index contributed by atoms with van der Waals surface area (Å²) in [6.45, 7) is 3.63. The van der Waals surface area contributed by atoms with Crippen molar-refractivity contribution in [3.8, 4) is 0 Å². The molecule has 1 aromatic heterocycles. The van der Waals surface area contributed by atoms with Crippen LogP contribution in [0.15, 0.2) is 64.4 Å². The fourth-order valence-electron chi connectivity index (χ4n) is 4.14. The summed E-state index contributed by atoms with van der Waals surface area (Å²) in [7, 11) is 1.17. The number of carboxylic acid groups (broad SMARTS) is 1. The second-order valence-corrected chi connectivity index (χ2v) is 9.80. The highest BCUT2D eigenvalue weighted by molar-refractivity contribution is 6.49. The number of carbonyl (C=O) groups excluding carboxylic acids is 2. The van der Waals surface area contributed by atoms with E-state index in [2.05, 4.69) is 20.6 Å². The lowest BCUT2D eigenvalue weighted by atomic mass is 10.1. The summed E-state index contributed by atoms with van der Waals surface area (Å²) in [5.74, 6) is -3.26. The van der Waals surface area contributed by atoms with Gasteiger partial charge in [-0.3, -0.25) is 19.0 Å². The molecule has 0 spiro atoms. The van der Waals surface area contributed by atoms with Crippen LogP contribution in [0.3, 0.4) is 0 Å². The van der Waals surface area contributed by atoms with Crippen LogP contribution in [0.4, 0.5) is 17.1 Å². The van der Waals surface area contributed by atoms with Crippen LogP contribution in [0, 0.1) is 6.92 Å². The third-order valence-electron chi connectivity index (χ3n) is 6.10. The third kappa shape index (κ3) is 6.42. The van der Waals surface area contributed by atoms with Gasteiger partial charge in [-0.15, -0.1) is 0 Å². The predicted octanol–water partition coefficient (Wildman–Crippen LogP) is 5.07. The van der Waals surface area contributed by atoms with E-state index in [0.717, 1.165) is 10.3 Å². The molecule has 0 unspecified atom stereocenters. The van der Waals surface area contributed by atoms with Gasteiger partial charge in [-0.25, -0.2) is 14.8 Å². The first-order valence-corrected chi connectivity index (χ1v) is 13.3. The van der Waals surface area contributed by atoms with Crippen LogP contribution in [0.1, 0.15) is 28.7 Å². The largest absolute Gasteiger partial charge is 0.480 e. The lowest BCUT2D eigenvalue weighted by molar-refractivity contribution is -0.137. The van der Waals surface area contributed by atoms with E-state index in [4.69, 9.17) is 27.9 Å². The summed E-state index contributed by atoms with van der Waals surface area (Å²) in [4.78, 5) is 60.4. The van der Waals surface area contributed by atoms with Crippen molar-refractivity contribution >= 4 is 74.7 Å². The van der Waals surface area contributed by atoms with Crippen LogP contribution >= 0.6 is 23.2 Å². The molecule has 11 nitrogen and oxygen atoms in total. The quantitative estimate of drug-likeness (QED) is 0.175. The van der Waals surface area contributed by atoms with Gasteiger partial charge in [0, 0.05) is 12.2 Å². The number of carboxylic acids is 1. The van der Waals surface area contributed by atoms with Crippen molar-refractivity contribution in [2.75, 3.05) is 24.3 Å². The summed E-state index contributed by atoms with van der Waals surface area (Å²) in [5.41, 5.74) is 1.00. The highest BCUT2D eigenvalue weighted by Gasteiger charge is 2.25. The van der Waals surface area contributed by atoms with Gasteiger partial charge in [0.2, 0.25) is 0 Å². The number of hydrogen-bond acceptors (Lipinski definition) is 8. The molecule has 0 atom stereocenters. The zero-order valence-electron chi connectivity index (χ0n) is 22.7. The second-order valence-electron chi connectivity index (χ2n) is 8.99. The first-order valence-electron chi connectivity index (χ1n) is 12.6. The maximum atomic E-state index is 13.9. The van der Waals surface area contributed by atoms with Gasteiger partial charge in [-0.05, 0) is 61.9 Å². The van der Waals surface area contributed by atoms with Gasteiger partial charge in [0.1, 0.15) is 6.54 Å². The molecule has 42 heavy (non-hydrogen) atoms. The zero-order chi connectivity index (χ0) is 30.6. The summed E-state index contributed by atoms with van der Waals surface area (Å²) in [6, 6.07) is 14.1. The van der Waals surface area contributed by atoms with E-state index in [1.807, 2.05) is 13.0 Å². The number of aromatic nitrogens is 2. The number of halogens is 2. The number of nitrogens with zero attached hydrogens (tertiary/aromatic N) is 3. The molecule has 13 heteroatoms. The second kappa shape index (κ2) is 12.8. The van der Waals surface area contributed by atoms with Crippen molar-refractivity contribution in [3.63, 3.8) is 0 Å². The van der Waals surface area contributed by atoms with Crippen molar-refractivity contribution in [2.45, 2.75) is 20.4 Å². The molecular formula is C29H25Cl2N5O6. The van der Waals surface area contributed by atoms with E-state index in [9.17, 15) is 24.3 Å². The Morgan fingerprint density at radius 1 is 1.07 bits per heavy atom. The van der Waals surface area contributed by atoms with Gasteiger partial charge in [0.05, 0.1) is 45.0 Å². The number of carbonyl (C=O) groups is 3. The number of rotatable bonds is 9. The van der Waals surface area contributed by atoms with E-state index in [1.54, 1.807) is 37.3 Å². The highest BCUT2D eigenvalue weighted by atomic mass is 35.5. The minimum atomic E-state index is -1.33. The number of anilines is 2. The average molecular weight is 610 g/mol. The number of esters is 1. The maximum Gasteiger partial charge on any atom is 0.339 e. The van der Waals surface area contributed by atoms with Crippen molar-refractivity contribution in [2.24, 2.45) is 4.99 Å². The smallest absolute Gasteiger partial charge is 0.339 e. The molecule has 4 rings (SSSR count). The zero-order valence-corrected chi connectivity index (χ0v) is 24.2. The number of methoxy groups -OCH3 is 1. The van der Waals surface area contributed by atoms with Crippen LogP contribution in [-0.4, -0.2) is 51.9 Å². The molecule has 3 N–H and O–H groups in total. The van der Waals surface area contributed by atoms with Crippen molar-refractivity contribution < 1.29 is 24.2 Å². The minimum absolute atomic E-state index is 0.000855. The summed E-state index contributed by atoms with van der Waals surface area (Å²) in [6.07, 6.45) is 0. The van der Waals surface area contributed by atoms with Crippen molar-refractivity contribution in [1.29, 1.82) is 0 Å². The van der Waals surface area contributed by atoms with Crippen LogP contribution in [0.2, 0.25) is 10.0 Å². The first-order chi connectivity index (χ1) is 20.0. The summed E-state index contributed by atoms with van der Waals surface area (Å²) in [5, 5.41) is 15.6. The molecular weight excluding hydrogens is 585 g/mol. The number of aliphatic carboxylic acids is 1. The molecule has 1 amide bonds. The maximum absolute atomic E-state index is 13.9. The minimum Gasteiger partial charge on any atom is -0.480 e. The Balaban J connectivity index is 1.95. The van der Waals surface area contributed by atoms with Crippen LogP contribution < -0.4 is 16.2 Å². The Morgan fingerprint density at radius 2 is 1.81 bits per heavy atom. The summed E-state index contributed by atoms with van der Waals surface area (Å²) < 4.78 is 5.62. The number of fused-ring (bicyclic) bond motifs is 1. The number of aryl methyl sites for hydroxylation is 1. The number of benzene rings is 3. The number of amides is 1. The molecule has 4 aromatic rings. The Kier molecular flexibility index (Phi) is 9.24. The molecule has 0 aliphatic rings. The Bertz CT molecular complexity index is 1820. The van der Waals surface area contributed by atoms with Gasteiger partial charge in [-0.1, -0.05) is 35.3 Å². The van der Waals surface area contributed by atoms with Crippen LogP contribution in [-0.2, 0) is 20.9 Å². The standard InChI is InChI=1S/C29H25Cl2N5O6/c1-4-32-16-9-10-21(15(2)11-16)33-25(27(39)35-23-12-18(29(41)42-3)19(30)13-20(23)31)26-34-22-8-6-5-7-17(22)28(40)36(26)14-24(37)38/h5-13,32H,4,14H2,1-3H3,(H,35,39)(H,37,38). The van der Waals surface area contributed by atoms with E-state index in [0.29, 0.717) is 17.8 Å². The normalized spacial score (nSPS) is 11.3. The van der Waals surface area contributed by atoms with Gasteiger partial charge in [-0.2, -0.15) is 0 Å². The lowest BCUT2D eigenvalue weighted by Gasteiger charge is -2.16. The molecule has 0 radical (unpaired) electrons. The number of hydrogen-bond donors (Lipinski definition) is 3. The van der Waals surface area contributed by atoms with Gasteiger partial charge in [0.25, 0.3) is 11.5 Å². The van der Waals surface area contributed by atoms with Crippen LogP contribution in [0.25, 0.3) is 10.9 Å².